The fourth-order valence-corrected chi connectivity index (χ4v) is 4.85. The first-order chi connectivity index (χ1) is 15.0. The van der Waals surface area contributed by atoms with Crippen LogP contribution in [0.4, 0.5) is 0 Å². The molecular weight excluding hydrogens is 412 g/mol. The Morgan fingerprint density at radius 1 is 1.00 bits per heavy atom. The molecule has 1 aliphatic rings. The summed E-state index contributed by atoms with van der Waals surface area (Å²) in [5.74, 6) is -0.477. The predicted octanol–water partition coefficient (Wildman–Crippen LogP) is 3.33. The van der Waals surface area contributed by atoms with Gasteiger partial charge < -0.3 is 4.74 Å². The van der Waals surface area contributed by atoms with Crippen molar-refractivity contribution in [3.05, 3.63) is 96.4 Å². The van der Waals surface area contributed by atoms with E-state index in [-0.39, 0.29) is 6.61 Å². The van der Waals surface area contributed by atoms with Crippen molar-refractivity contribution in [1.82, 2.24) is 9.21 Å². The van der Waals surface area contributed by atoms with Crippen LogP contribution in [0.5, 0.6) is 0 Å². The number of benzene rings is 2. The molecule has 31 heavy (non-hydrogen) atoms. The molecule has 0 aromatic heterocycles. The van der Waals surface area contributed by atoms with Crippen molar-refractivity contribution in [3.8, 4) is 0 Å². The lowest BCUT2D eigenvalue weighted by molar-refractivity contribution is -0.141. The van der Waals surface area contributed by atoms with Gasteiger partial charge in [-0.1, -0.05) is 73.3 Å². The van der Waals surface area contributed by atoms with E-state index in [0.29, 0.717) is 26.1 Å². The summed E-state index contributed by atoms with van der Waals surface area (Å²) in [6.07, 6.45) is 2.00. The van der Waals surface area contributed by atoms with Gasteiger partial charge in [-0.25, -0.2) is 12.7 Å². The van der Waals surface area contributed by atoms with Crippen LogP contribution in [0, 0.1) is 0 Å². The number of carbonyl (C=O) groups excluding carboxylic acids is 1. The molecule has 1 amide bonds. The van der Waals surface area contributed by atoms with Crippen molar-refractivity contribution >= 4 is 15.9 Å². The van der Waals surface area contributed by atoms with E-state index in [0.717, 1.165) is 20.8 Å². The third-order valence-corrected chi connectivity index (χ3v) is 6.69. The number of sulfonamides is 1. The van der Waals surface area contributed by atoms with Gasteiger partial charge in [-0.05, 0) is 17.5 Å². The highest BCUT2D eigenvalue weighted by molar-refractivity contribution is 7.92. The molecule has 2 aromatic rings. The van der Waals surface area contributed by atoms with Crippen molar-refractivity contribution in [2.24, 2.45) is 0 Å². The second-order valence-electron chi connectivity index (χ2n) is 7.46. The molecule has 0 radical (unpaired) electrons. The molecule has 7 heteroatoms. The summed E-state index contributed by atoms with van der Waals surface area (Å²) < 4.78 is 32.2. The summed E-state index contributed by atoms with van der Waals surface area (Å²) in [5, 5.41) is 0.826. The van der Waals surface area contributed by atoms with Crippen LogP contribution in [0.1, 0.15) is 17.5 Å². The van der Waals surface area contributed by atoms with E-state index in [9.17, 15) is 13.2 Å². The maximum atomic E-state index is 13.3. The van der Waals surface area contributed by atoms with Gasteiger partial charge in [-0.2, -0.15) is 0 Å². The van der Waals surface area contributed by atoms with Crippen LogP contribution in [0.2, 0.25) is 0 Å². The van der Waals surface area contributed by atoms with E-state index in [1.165, 1.54) is 0 Å². The van der Waals surface area contributed by atoms with Gasteiger partial charge in [0.15, 0.2) is 0 Å². The average Bonchev–Trinajstić information content (AvgIpc) is 2.77. The molecule has 1 fully saturated rings. The van der Waals surface area contributed by atoms with E-state index in [1.807, 2.05) is 65.6 Å². The maximum Gasteiger partial charge on any atom is 0.259 e. The Hall–Kier alpha value is -2.74. The van der Waals surface area contributed by atoms with Gasteiger partial charge >= 0.3 is 0 Å². The number of hydrogen-bond donors (Lipinski definition) is 0. The van der Waals surface area contributed by atoms with Crippen LogP contribution >= 0.6 is 0 Å². The maximum absolute atomic E-state index is 13.3. The summed E-state index contributed by atoms with van der Waals surface area (Å²) in [6.45, 7) is 8.48. The molecule has 1 saturated heterocycles. The Morgan fingerprint density at radius 2 is 1.61 bits per heavy atom. The molecule has 0 saturated carbocycles. The van der Waals surface area contributed by atoms with Gasteiger partial charge in [0, 0.05) is 18.5 Å². The number of ether oxygens (including phenoxy) is 1. The predicted molar refractivity (Wildman–Crippen MR) is 121 cm³/mol. The highest BCUT2D eigenvalue weighted by Crippen LogP contribution is 2.25. The average molecular weight is 441 g/mol. The van der Waals surface area contributed by atoms with Crippen molar-refractivity contribution in [3.63, 3.8) is 0 Å². The SMILES string of the molecule is C=CC[C@@H]1C(=O)N(S(=O)(=O)C=C)[C@@H](COCc2ccccc2)CN1Cc1ccccc1. The highest BCUT2D eigenvalue weighted by Gasteiger charge is 2.44. The summed E-state index contributed by atoms with van der Waals surface area (Å²) in [6, 6.07) is 18.2. The Balaban J connectivity index is 1.83. The fraction of sp³-hybridized carbons (Fsp3) is 0.292. The normalized spacial score (nSPS) is 19.9. The zero-order valence-corrected chi connectivity index (χ0v) is 18.3. The highest BCUT2D eigenvalue weighted by atomic mass is 32.2. The molecule has 0 bridgehead atoms. The number of carbonyl (C=O) groups is 1. The van der Waals surface area contributed by atoms with Gasteiger partial charge in [-0.3, -0.25) is 9.69 Å². The van der Waals surface area contributed by atoms with E-state index < -0.39 is 28.0 Å². The summed E-state index contributed by atoms with van der Waals surface area (Å²) >= 11 is 0. The summed E-state index contributed by atoms with van der Waals surface area (Å²) in [4.78, 5) is 15.3. The standard InChI is InChI=1S/C24H28N2O4S/c1-3-11-23-24(27)26(31(28,29)4-2)22(19-30-18-21-14-9-6-10-15-21)17-25(23)16-20-12-7-5-8-13-20/h3-10,12-15,22-23H,1-2,11,16-19H2/t22-,23-/m1/s1. The zero-order valence-electron chi connectivity index (χ0n) is 17.5. The lowest BCUT2D eigenvalue weighted by atomic mass is 10.0. The van der Waals surface area contributed by atoms with Gasteiger partial charge in [0.2, 0.25) is 0 Å². The zero-order chi connectivity index (χ0) is 22.3. The Labute approximate surface area is 184 Å². The Morgan fingerprint density at radius 3 is 2.19 bits per heavy atom. The molecule has 164 valence electrons. The number of amides is 1. The quantitative estimate of drug-likeness (QED) is 0.530. The van der Waals surface area contributed by atoms with Crippen molar-refractivity contribution in [2.45, 2.75) is 31.7 Å². The molecule has 1 aliphatic heterocycles. The molecule has 3 rings (SSSR count). The topological polar surface area (TPSA) is 66.9 Å². The molecule has 2 aromatic carbocycles. The van der Waals surface area contributed by atoms with Gasteiger partial charge in [0.1, 0.15) is 0 Å². The molecule has 6 nitrogen and oxygen atoms in total. The van der Waals surface area contributed by atoms with Gasteiger partial charge in [0.05, 0.1) is 25.3 Å². The van der Waals surface area contributed by atoms with Crippen LogP contribution in [0.3, 0.4) is 0 Å². The third kappa shape index (κ3) is 5.70. The summed E-state index contributed by atoms with van der Waals surface area (Å²) in [7, 11) is -3.96. The molecule has 1 heterocycles. The van der Waals surface area contributed by atoms with Gasteiger partial charge in [0.25, 0.3) is 15.9 Å². The number of hydrogen-bond acceptors (Lipinski definition) is 5. The first-order valence-corrected chi connectivity index (χ1v) is 11.7. The van der Waals surface area contributed by atoms with Crippen molar-refractivity contribution < 1.29 is 17.9 Å². The van der Waals surface area contributed by atoms with E-state index in [2.05, 4.69) is 13.2 Å². The molecule has 0 unspecified atom stereocenters. The van der Waals surface area contributed by atoms with Crippen LogP contribution in [0.25, 0.3) is 0 Å². The molecule has 2 atom stereocenters. The largest absolute Gasteiger partial charge is 0.375 e. The van der Waals surface area contributed by atoms with Crippen LogP contribution in [-0.4, -0.2) is 48.8 Å². The minimum absolute atomic E-state index is 0.0970. The molecular formula is C24H28N2O4S. The van der Waals surface area contributed by atoms with E-state index in [1.54, 1.807) is 6.08 Å². The van der Waals surface area contributed by atoms with Crippen LogP contribution < -0.4 is 0 Å². The van der Waals surface area contributed by atoms with Crippen LogP contribution in [-0.2, 0) is 32.7 Å². The number of piperazine rings is 1. The summed E-state index contributed by atoms with van der Waals surface area (Å²) in [5.41, 5.74) is 2.03. The third-order valence-electron chi connectivity index (χ3n) is 5.24. The fourth-order valence-electron chi connectivity index (χ4n) is 3.78. The van der Waals surface area contributed by atoms with E-state index >= 15 is 0 Å². The monoisotopic (exact) mass is 440 g/mol. The number of nitrogens with zero attached hydrogens (tertiary/aromatic N) is 2. The van der Waals surface area contributed by atoms with E-state index in [4.69, 9.17) is 4.74 Å². The second kappa shape index (κ2) is 10.5. The lowest BCUT2D eigenvalue weighted by Gasteiger charge is -2.44. The van der Waals surface area contributed by atoms with Crippen molar-refractivity contribution in [1.29, 1.82) is 0 Å². The molecule has 0 N–H and O–H groups in total. The van der Waals surface area contributed by atoms with Gasteiger partial charge in [-0.15, -0.1) is 6.58 Å². The first kappa shape index (κ1) is 22.9. The lowest BCUT2D eigenvalue weighted by Crippen LogP contribution is -2.63. The Kier molecular flexibility index (Phi) is 7.79. The molecule has 0 aliphatic carbocycles. The van der Waals surface area contributed by atoms with Crippen molar-refractivity contribution in [2.75, 3.05) is 13.2 Å². The van der Waals surface area contributed by atoms with Crippen LogP contribution in [0.15, 0.2) is 85.3 Å². The number of rotatable bonds is 10. The second-order valence-corrected chi connectivity index (χ2v) is 9.21. The smallest absolute Gasteiger partial charge is 0.259 e. The molecule has 0 spiro atoms. The minimum atomic E-state index is -3.96. The Bertz CT molecular complexity index is 993. The first-order valence-electron chi connectivity index (χ1n) is 10.2. The minimum Gasteiger partial charge on any atom is -0.375 e.